The fourth-order valence-electron chi connectivity index (χ4n) is 2.84. The first kappa shape index (κ1) is 18.5. The lowest BCUT2D eigenvalue weighted by atomic mass is 10.1. The van der Waals surface area contributed by atoms with Crippen molar-refractivity contribution in [2.45, 2.75) is 18.9 Å². The molecule has 1 saturated carbocycles. The second-order valence-corrected chi connectivity index (χ2v) is 7.01. The number of benzene rings is 2. The molecule has 5 nitrogen and oxygen atoms in total. The molecule has 0 heterocycles. The summed E-state index contributed by atoms with van der Waals surface area (Å²) >= 11 is 12.1. The van der Waals surface area contributed by atoms with Gasteiger partial charge in [-0.25, -0.2) is 4.79 Å². The Bertz CT molecular complexity index is 840. The van der Waals surface area contributed by atoms with Crippen LogP contribution in [0.4, 0.5) is 0 Å². The van der Waals surface area contributed by atoms with Gasteiger partial charge in [-0.15, -0.1) is 0 Å². The van der Waals surface area contributed by atoms with E-state index in [9.17, 15) is 9.59 Å². The maximum atomic E-state index is 12.4. The van der Waals surface area contributed by atoms with E-state index in [2.05, 4.69) is 5.32 Å². The highest BCUT2D eigenvalue weighted by Gasteiger charge is 2.44. The molecular weight excluding hydrogens is 377 g/mol. The first-order valence-corrected chi connectivity index (χ1v) is 8.86. The van der Waals surface area contributed by atoms with Crippen LogP contribution >= 0.6 is 23.2 Å². The number of carbonyl (C=O) groups excluding carboxylic acids is 1. The Kier molecular flexibility index (Phi) is 5.69. The minimum atomic E-state index is -1.04. The average molecular weight is 394 g/mol. The highest BCUT2D eigenvalue weighted by molar-refractivity contribution is 6.35. The van der Waals surface area contributed by atoms with Gasteiger partial charge in [0.1, 0.15) is 5.75 Å². The number of ether oxygens (including phenoxy) is 1. The van der Waals surface area contributed by atoms with Crippen molar-refractivity contribution in [3.05, 3.63) is 63.6 Å². The molecule has 0 saturated heterocycles. The summed E-state index contributed by atoms with van der Waals surface area (Å²) in [5, 5.41) is 12.7. The SMILES string of the molecule is O=C(O)COc1cccc(CNC(=O)C2CC2c2ccc(Cl)cc2Cl)c1. The fourth-order valence-corrected chi connectivity index (χ4v) is 3.39. The molecule has 0 aliphatic heterocycles. The molecule has 1 amide bonds. The highest BCUT2D eigenvalue weighted by atomic mass is 35.5. The van der Waals surface area contributed by atoms with E-state index in [4.69, 9.17) is 33.0 Å². The van der Waals surface area contributed by atoms with E-state index in [0.29, 0.717) is 22.3 Å². The predicted octanol–water partition coefficient (Wildman–Crippen LogP) is 3.88. The Balaban J connectivity index is 1.53. The summed E-state index contributed by atoms with van der Waals surface area (Å²) in [5.74, 6) is -0.594. The molecule has 26 heavy (non-hydrogen) atoms. The van der Waals surface area contributed by atoms with E-state index < -0.39 is 12.6 Å². The summed E-state index contributed by atoms with van der Waals surface area (Å²) in [6.45, 7) is -0.0535. The normalized spacial score (nSPS) is 18.2. The fraction of sp³-hybridized carbons (Fsp3) is 0.263. The Hall–Kier alpha value is -2.24. The third kappa shape index (κ3) is 4.68. The van der Waals surface area contributed by atoms with Gasteiger partial charge in [0.2, 0.25) is 5.91 Å². The molecule has 0 radical (unpaired) electrons. The van der Waals surface area contributed by atoms with Crippen LogP contribution in [-0.4, -0.2) is 23.6 Å². The summed E-state index contributed by atoms with van der Waals surface area (Å²) in [6, 6.07) is 12.3. The Morgan fingerprint density at radius 1 is 1.19 bits per heavy atom. The molecule has 136 valence electrons. The minimum Gasteiger partial charge on any atom is -0.482 e. The molecule has 0 spiro atoms. The van der Waals surface area contributed by atoms with E-state index in [1.807, 2.05) is 12.1 Å². The van der Waals surface area contributed by atoms with Crippen LogP contribution in [0.2, 0.25) is 10.0 Å². The van der Waals surface area contributed by atoms with Crippen molar-refractivity contribution < 1.29 is 19.4 Å². The zero-order valence-corrected chi connectivity index (χ0v) is 15.3. The van der Waals surface area contributed by atoms with Crippen molar-refractivity contribution in [3.8, 4) is 5.75 Å². The van der Waals surface area contributed by atoms with Crippen molar-refractivity contribution in [1.82, 2.24) is 5.32 Å². The molecule has 1 aliphatic rings. The van der Waals surface area contributed by atoms with Crippen LogP contribution < -0.4 is 10.1 Å². The molecule has 2 N–H and O–H groups in total. The van der Waals surface area contributed by atoms with Crippen LogP contribution in [0.15, 0.2) is 42.5 Å². The Labute approximate surface area is 160 Å². The van der Waals surface area contributed by atoms with Gasteiger partial charge < -0.3 is 15.2 Å². The van der Waals surface area contributed by atoms with Gasteiger partial charge in [-0.05, 0) is 47.7 Å². The molecule has 0 aromatic heterocycles. The molecule has 2 atom stereocenters. The van der Waals surface area contributed by atoms with Crippen molar-refractivity contribution >= 4 is 35.1 Å². The first-order chi connectivity index (χ1) is 12.4. The Morgan fingerprint density at radius 3 is 2.73 bits per heavy atom. The lowest BCUT2D eigenvalue weighted by Crippen LogP contribution is -2.24. The number of hydrogen-bond donors (Lipinski definition) is 2. The maximum absolute atomic E-state index is 12.4. The number of carbonyl (C=O) groups is 2. The van der Waals surface area contributed by atoms with Crippen molar-refractivity contribution in [2.24, 2.45) is 5.92 Å². The smallest absolute Gasteiger partial charge is 0.341 e. The molecule has 2 aromatic rings. The number of halogens is 2. The summed E-state index contributed by atoms with van der Waals surface area (Å²) in [5.41, 5.74) is 1.78. The van der Waals surface area contributed by atoms with Crippen LogP contribution in [0, 0.1) is 5.92 Å². The third-order valence-electron chi connectivity index (χ3n) is 4.22. The maximum Gasteiger partial charge on any atom is 0.341 e. The minimum absolute atomic E-state index is 0.0297. The van der Waals surface area contributed by atoms with E-state index in [1.54, 1.807) is 30.3 Å². The van der Waals surface area contributed by atoms with Gasteiger partial charge in [0.15, 0.2) is 6.61 Å². The lowest BCUT2D eigenvalue weighted by molar-refractivity contribution is -0.139. The summed E-state index contributed by atoms with van der Waals surface area (Å²) in [6.07, 6.45) is 0.759. The number of amides is 1. The Morgan fingerprint density at radius 2 is 2.00 bits per heavy atom. The van der Waals surface area contributed by atoms with E-state index >= 15 is 0 Å². The topological polar surface area (TPSA) is 75.6 Å². The summed E-state index contributed by atoms with van der Waals surface area (Å²) < 4.78 is 5.13. The number of nitrogens with one attached hydrogen (secondary N) is 1. The zero-order chi connectivity index (χ0) is 18.7. The van der Waals surface area contributed by atoms with Gasteiger partial charge in [0.05, 0.1) is 0 Å². The molecule has 1 aliphatic carbocycles. The standard InChI is InChI=1S/C19H17Cl2NO4/c20-12-4-5-14(17(21)7-12)15-8-16(15)19(25)22-9-11-2-1-3-13(6-11)26-10-18(23)24/h1-7,15-16H,8-10H2,(H,22,25)(H,23,24). The second-order valence-electron chi connectivity index (χ2n) is 6.16. The van der Waals surface area contributed by atoms with Gasteiger partial charge in [-0.2, -0.15) is 0 Å². The van der Waals surface area contributed by atoms with Gasteiger partial charge in [0.25, 0.3) is 0 Å². The molecule has 0 bridgehead atoms. The van der Waals surface area contributed by atoms with Crippen LogP contribution in [0.3, 0.4) is 0 Å². The van der Waals surface area contributed by atoms with Crippen LogP contribution in [0.1, 0.15) is 23.5 Å². The van der Waals surface area contributed by atoms with Crippen molar-refractivity contribution in [1.29, 1.82) is 0 Å². The van der Waals surface area contributed by atoms with E-state index in [1.165, 1.54) is 0 Å². The third-order valence-corrected chi connectivity index (χ3v) is 4.78. The number of aliphatic carboxylic acids is 1. The molecule has 3 rings (SSSR count). The van der Waals surface area contributed by atoms with Crippen LogP contribution in [0.25, 0.3) is 0 Å². The lowest BCUT2D eigenvalue weighted by Gasteiger charge is -2.08. The van der Waals surface area contributed by atoms with E-state index in [0.717, 1.165) is 17.5 Å². The van der Waals surface area contributed by atoms with Crippen LogP contribution in [0.5, 0.6) is 5.75 Å². The second kappa shape index (κ2) is 7.98. The quantitative estimate of drug-likeness (QED) is 0.748. The number of rotatable bonds is 7. The summed E-state index contributed by atoms with van der Waals surface area (Å²) in [4.78, 5) is 22.9. The predicted molar refractivity (Wildman–Crippen MR) is 98.7 cm³/mol. The molecular formula is C19H17Cl2NO4. The number of carboxylic acid groups (broad SMARTS) is 1. The van der Waals surface area contributed by atoms with Gasteiger partial charge in [-0.1, -0.05) is 41.4 Å². The van der Waals surface area contributed by atoms with Crippen LogP contribution in [-0.2, 0) is 16.1 Å². The van der Waals surface area contributed by atoms with Gasteiger partial charge in [-0.3, -0.25) is 4.79 Å². The molecule has 2 unspecified atom stereocenters. The van der Waals surface area contributed by atoms with E-state index in [-0.39, 0.29) is 17.7 Å². The molecule has 2 aromatic carbocycles. The number of hydrogen-bond acceptors (Lipinski definition) is 3. The van der Waals surface area contributed by atoms with Gasteiger partial charge in [0, 0.05) is 22.5 Å². The van der Waals surface area contributed by atoms with Crippen molar-refractivity contribution in [2.75, 3.05) is 6.61 Å². The molecule has 1 fully saturated rings. The average Bonchev–Trinajstić information content (AvgIpc) is 3.39. The number of carboxylic acids is 1. The zero-order valence-electron chi connectivity index (χ0n) is 13.7. The molecule has 7 heteroatoms. The first-order valence-electron chi connectivity index (χ1n) is 8.10. The van der Waals surface area contributed by atoms with Crippen molar-refractivity contribution in [3.63, 3.8) is 0 Å². The summed E-state index contributed by atoms with van der Waals surface area (Å²) in [7, 11) is 0. The van der Waals surface area contributed by atoms with Gasteiger partial charge >= 0.3 is 5.97 Å². The highest BCUT2D eigenvalue weighted by Crippen LogP contribution is 2.50. The monoisotopic (exact) mass is 393 g/mol. The largest absolute Gasteiger partial charge is 0.482 e.